The number of cyclic esters (lactones) is 2. The van der Waals surface area contributed by atoms with E-state index in [-0.39, 0.29) is 0 Å². The van der Waals surface area contributed by atoms with Crippen molar-refractivity contribution in [2.75, 3.05) is 26.3 Å². The van der Waals surface area contributed by atoms with Gasteiger partial charge < -0.3 is 9.47 Å². The summed E-state index contributed by atoms with van der Waals surface area (Å²) in [5.74, 6) is 0. The number of rotatable bonds is 3. The van der Waals surface area contributed by atoms with Crippen molar-refractivity contribution in [2.24, 2.45) is 10.2 Å². The van der Waals surface area contributed by atoms with Crippen LogP contribution in [0, 0.1) is 0 Å². The highest BCUT2D eigenvalue weighted by Gasteiger charge is 2.21. The Morgan fingerprint density at radius 2 is 1.38 bits per heavy atom. The molecule has 0 unspecified atom stereocenters. The summed E-state index contributed by atoms with van der Waals surface area (Å²) in [4.78, 5) is 21.9. The second kappa shape index (κ2) is 4.60. The molecule has 16 heavy (non-hydrogen) atoms. The molecule has 0 spiro atoms. The van der Waals surface area contributed by atoms with Crippen LogP contribution in [0.1, 0.15) is 0 Å². The average molecular weight is 226 g/mol. The first-order valence-electron chi connectivity index (χ1n) is 4.72. The van der Waals surface area contributed by atoms with E-state index in [1.54, 1.807) is 0 Å². The average Bonchev–Trinajstić information content (AvgIpc) is 2.84. The number of hydrazone groups is 2. The lowest BCUT2D eigenvalue weighted by atomic mass is 10.7. The van der Waals surface area contributed by atoms with E-state index < -0.39 is 12.2 Å². The monoisotopic (exact) mass is 226 g/mol. The molecule has 0 radical (unpaired) electrons. The standard InChI is InChI=1S/C8H10N4O4/c13-7-11(3-5-15-7)9-1-2-10-12-4-6-16-8(12)14/h1-2H,3-6H2/b9-1-,10-2+. The fourth-order valence-corrected chi connectivity index (χ4v) is 1.20. The SMILES string of the molecule is O=C1OCCN1/N=C\C=N\N1CCOC1=O. The maximum Gasteiger partial charge on any atom is 0.430 e. The van der Waals surface area contributed by atoms with Crippen LogP contribution < -0.4 is 0 Å². The number of hydrogen-bond donors (Lipinski definition) is 0. The lowest BCUT2D eigenvalue weighted by molar-refractivity contribution is 0.158. The largest absolute Gasteiger partial charge is 0.446 e. The summed E-state index contributed by atoms with van der Waals surface area (Å²) in [5, 5.41) is 9.94. The summed E-state index contributed by atoms with van der Waals surface area (Å²) in [7, 11) is 0. The van der Waals surface area contributed by atoms with Crippen LogP contribution in [0.15, 0.2) is 10.2 Å². The molecule has 8 heteroatoms. The molecule has 0 atom stereocenters. The summed E-state index contributed by atoms with van der Waals surface area (Å²) in [6.07, 6.45) is 1.67. The number of nitrogens with zero attached hydrogens (tertiary/aromatic N) is 4. The molecule has 0 bridgehead atoms. The summed E-state index contributed by atoms with van der Waals surface area (Å²) in [5.41, 5.74) is 0. The number of hydrogen-bond acceptors (Lipinski definition) is 6. The Hall–Kier alpha value is -2.12. The highest BCUT2D eigenvalue weighted by molar-refractivity contribution is 6.16. The number of ether oxygens (including phenoxy) is 2. The van der Waals surface area contributed by atoms with E-state index in [9.17, 15) is 9.59 Å². The van der Waals surface area contributed by atoms with E-state index in [1.165, 1.54) is 22.4 Å². The molecule has 86 valence electrons. The molecular weight excluding hydrogens is 216 g/mol. The van der Waals surface area contributed by atoms with Gasteiger partial charge in [-0.25, -0.2) is 9.59 Å². The van der Waals surface area contributed by atoms with Crippen molar-refractivity contribution in [3.63, 3.8) is 0 Å². The molecule has 0 aromatic carbocycles. The van der Waals surface area contributed by atoms with Crippen LogP contribution in [0.3, 0.4) is 0 Å². The van der Waals surface area contributed by atoms with E-state index in [1.807, 2.05) is 0 Å². The van der Waals surface area contributed by atoms with Crippen LogP contribution in [0.4, 0.5) is 9.59 Å². The van der Waals surface area contributed by atoms with E-state index >= 15 is 0 Å². The quantitative estimate of drug-likeness (QED) is 0.627. The first kappa shape index (κ1) is 10.4. The van der Waals surface area contributed by atoms with E-state index in [4.69, 9.17) is 0 Å². The van der Waals surface area contributed by atoms with E-state index in [0.717, 1.165) is 0 Å². The van der Waals surface area contributed by atoms with Gasteiger partial charge in [0.25, 0.3) is 0 Å². The lowest BCUT2D eigenvalue weighted by Crippen LogP contribution is -2.19. The van der Waals surface area contributed by atoms with E-state index in [2.05, 4.69) is 19.7 Å². The minimum atomic E-state index is -0.481. The van der Waals surface area contributed by atoms with Gasteiger partial charge in [-0.15, -0.1) is 0 Å². The Morgan fingerprint density at radius 1 is 0.938 bits per heavy atom. The number of carbonyl (C=O) groups is 2. The highest BCUT2D eigenvalue weighted by atomic mass is 16.6. The maximum atomic E-state index is 10.9. The molecule has 2 rings (SSSR count). The summed E-state index contributed by atoms with van der Waals surface area (Å²) >= 11 is 0. The predicted molar refractivity (Wildman–Crippen MR) is 53.1 cm³/mol. The summed E-state index contributed by atoms with van der Waals surface area (Å²) < 4.78 is 9.31. The van der Waals surface area contributed by atoms with Crippen LogP contribution in [0.5, 0.6) is 0 Å². The molecule has 2 heterocycles. The molecule has 2 aliphatic heterocycles. The zero-order chi connectivity index (χ0) is 11.4. The molecule has 2 amide bonds. The van der Waals surface area contributed by atoms with Crippen molar-refractivity contribution >= 4 is 24.6 Å². The normalized spacial score (nSPS) is 21.2. The fourth-order valence-electron chi connectivity index (χ4n) is 1.20. The Kier molecular flexibility index (Phi) is 2.99. The Balaban J connectivity index is 1.82. The van der Waals surface area contributed by atoms with Crippen molar-refractivity contribution < 1.29 is 19.1 Å². The van der Waals surface area contributed by atoms with Gasteiger partial charge in [0.15, 0.2) is 0 Å². The second-order valence-electron chi connectivity index (χ2n) is 3.00. The molecule has 0 saturated carbocycles. The van der Waals surface area contributed by atoms with Gasteiger partial charge in [-0.2, -0.15) is 20.2 Å². The van der Waals surface area contributed by atoms with Crippen LogP contribution in [0.25, 0.3) is 0 Å². The maximum absolute atomic E-state index is 10.9. The molecular formula is C8H10N4O4. The van der Waals surface area contributed by atoms with Crippen LogP contribution in [-0.2, 0) is 9.47 Å². The summed E-state index contributed by atoms with van der Waals surface area (Å²) in [6.45, 7) is 1.53. The van der Waals surface area contributed by atoms with Crippen LogP contribution in [0.2, 0.25) is 0 Å². The Morgan fingerprint density at radius 3 is 1.69 bits per heavy atom. The second-order valence-corrected chi connectivity index (χ2v) is 3.00. The van der Waals surface area contributed by atoms with Crippen molar-refractivity contribution in [2.45, 2.75) is 0 Å². The number of carbonyl (C=O) groups excluding carboxylic acids is 2. The van der Waals surface area contributed by atoms with Gasteiger partial charge >= 0.3 is 12.2 Å². The third-order valence-electron chi connectivity index (χ3n) is 1.96. The van der Waals surface area contributed by atoms with Crippen molar-refractivity contribution in [1.82, 2.24) is 10.0 Å². The molecule has 2 fully saturated rings. The first-order valence-corrected chi connectivity index (χ1v) is 4.72. The van der Waals surface area contributed by atoms with Gasteiger partial charge in [-0.3, -0.25) is 0 Å². The Bertz CT molecular complexity index is 320. The summed E-state index contributed by atoms with van der Waals surface area (Å²) in [6, 6.07) is 0. The zero-order valence-corrected chi connectivity index (χ0v) is 8.40. The lowest BCUT2D eigenvalue weighted by Gasteiger charge is -2.03. The smallest absolute Gasteiger partial charge is 0.430 e. The van der Waals surface area contributed by atoms with Crippen LogP contribution >= 0.6 is 0 Å². The zero-order valence-electron chi connectivity index (χ0n) is 8.40. The number of amides is 2. The molecule has 0 aliphatic carbocycles. The fraction of sp³-hybridized carbons (Fsp3) is 0.500. The minimum absolute atomic E-state index is 0.339. The van der Waals surface area contributed by atoms with Crippen molar-refractivity contribution in [3.05, 3.63) is 0 Å². The van der Waals surface area contributed by atoms with Gasteiger partial charge in [-0.05, 0) is 0 Å². The predicted octanol–water partition coefficient (Wildman–Crippen LogP) is -0.138. The van der Waals surface area contributed by atoms with Gasteiger partial charge in [0.2, 0.25) is 0 Å². The van der Waals surface area contributed by atoms with Crippen LogP contribution in [-0.4, -0.2) is 60.9 Å². The molecule has 0 N–H and O–H groups in total. The third-order valence-corrected chi connectivity index (χ3v) is 1.96. The van der Waals surface area contributed by atoms with Crippen molar-refractivity contribution in [1.29, 1.82) is 0 Å². The van der Waals surface area contributed by atoms with Gasteiger partial charge in [-0.1, -0.05) is 0 Å². The van der Waals surface area contributed by atoms with Gasteiger partial charge in [0.05, 0.1) is 25.5 Å². The molecule has 2 saturated heterocycles. The first-order chi connectivity index (χ1) is 7.77. The molecule has 0 aromatic heterocycles. The molecule has 0 aromatic rings. The highest BCUT2D eigenvalue weighted by Crippen LogP contribution is 2.03. The molecule has 2 aliphatic rings. The van der Waals surface area contributed by atoms with Gasteiger partial charge in [0, 0.05) is 0 Å². The third kappa shape index (κ3) is 2.27. The van der Waals surface area contributed by atoms with E-state index in [0.29, 0.717) is 26.3 Å². The van der Waals surface area contributed by atoms with Crippen molar-refractivity contribution in [3.8, 4) is 0 Å². The van der Waals surface area contributed by atoms with Gasteiger partial charge in [0.1, 0.15) is 13.2 Å². The topological polar surface area (TPSA) is 83.8 Å². The minimum Gasteiger partial charge on any atom is -0.446 e. The Labute approximate surface area is 91.1 Å². The molecule has 8 nitrogen and oxygen atoms in total.